The second-order valence-corrected chi connectivity index (χ2v) is 5.75. The Morgan fingerprint density at radius 3 is 2.40 bits per heavy atom. The second kappa shape index (κ2) is 6.50. The minimum atomic E-state index is -0.659. The van der Waals surface area contributed by atoms with Crippen LogP contribution < -0.4 is 10.6 Å². The maximum Gasteiger partial charge on any atom is 0.242 e. The summed E-state index contributed by atoms with van der Waals surface area (Å²) in [7, 11) is 0. The topological polar surface area (TPSA) is 58.2 Å². The van der Waals surface area contributed by atoms with Crippen LogP contribution in [0.5, 0.6) is 0 Å². The van der Waals surface area contributed by atoms with Crippen LogP contribution in [0.15, 0.2) is 24.3 Å². The summed E-state index contributed by atoms with van der Waals surface area (Å²) in [6, 6.07) is 5.58. The van der Waals surface area contributed by atoms with Crippen molar-refractivity contribution in [3.05, 3.63) is 35.6 Å². The van der Waals surface area contributed by atoms with E-state index in [0.717, 1.165) is 0 Å². The lowest BCUT2D eigenvalue weighted by Gasteiger charge is -2.21. The number of carbonyl (C=O) groups excluding carboxylic acids is 2. The van der Waals surface area contributed by atoms with E-state index in [-0.39, 0.29) is 24.2 Å². The van der Waals surface area contributed by atoms with Crippen LogP contribution in [0.25, 0.3) is 0 Å². The Balaban J connectivity index is 2.51. The van der Waals surface area contributed by atoms with Gasteiger partial charge in [0.1, 0.15) is 11.9 Å². The molecule has 0 aliphatic carbocycles. The smallest absolute Gasteiger partial charge is 0.242 e. The Kier molecular flexibility index (Phi) is 5.25. The third-order valence-corrected chi connectivity index (χ3v) is 2.83. The minimum absolute atomic E-state index is 0.0984. The fourth-order valence-electron chi connectivity index (χ4n) is 1.46. The van der Waals surface area contributed by atoms with E-state index < -0.39 is 11.5 Å². The first-order valence-electron chi connectivity index (χ1n) is 6.54. The molecule has 0 spiro atoms. The molecule has 1 aromatic carbocycles. The Hall–Kier alpha value is -1.91. The molecule has 0 radical (unpaired) electrons. The first-order chi connectivity index (χ1) is 9.21. The fraction of sp³-hybridized carbons (Fsp3) is 0.467. The normalized spacial score (nSPS) is 12.7. The predicted octanol–water partition coefficient (Wildman–Crippen LogP) is 1.99. The molecule has 0 bridgehead atoms. The second-order valence-electron chi connectivity index (χ2n) is 5.75. The van der Waals surface area contributed by atoms with Gasteiger partial charge in [-0.05, 0) is 13.0 Å². The maximum absolute atomic E-state index is 13.4. The Bertz CT molecular complexity index is 495. The highest BCUT2D eigenvalue weighted by molar-refractivity contribution is 5.89. The zero-order chi connectivity index (χ0) is 15.3. The summed E-state index contributed by atoms with van der Waals surface area (Å²) in [5, 5.41) is 5.23. The number of carbonyl (C=O) groups is 2. The van der Waals surface area contributed by atoms with Gasteiger partial charge in [0.25, 0.3) is 0 Å². The van der Waals surface area contributed by atoms with Gasteiger partial charge in [-0.2, -0.15) is 0 Å². The van der Waals surface area contributed by atoms with Gasteiger partial charge in [-0.1, -0.05) is 39.0 Å². The molecule has 0 aromatic heterocycles. The van der Waals surface area contributed by atoms with Gasteiger partial charge in [-0.25, -0.2) is 4.39 Å². The zero-order valence-corrected chi connectivity index (χ0v) is 12.3. The van der Waals surface area contributed by atoms with Gasteiger partial charge in [-0.3, -0.25) is 9.59 Å². The molecule has 0 saturated carbocycles. The summed E-state index contributed by atoms with van der Waals surface area (Å²) in [5.74, 6) is -0.906. The zero-order valence-electron chi connectivity index (χ0n) is 12.3. The van der Waals surface area contributed by atoms with E-state index in [2.05, 4.69) is 10.6 Å². The molecule has 0 saturated heterocycles. The van der Waals surface area contributed by atoms with Crippen LogP contribution in [0.3, 0.4) is 0 Å². The Morgan fingerprint density at radius 2 is 1.85 bits per heavy atom. The van der Waals surface area contributed by atoms with Crippen molar-refractivity contribution in [1.29, 1.82) is 0 Å². The number of hydrogen-bond acceptors (Lipinski definition) is 2. The SMILES string of the molecule is C[C@H](NC(=O)C(C)(C)C)C(=O)NCc1ccccc1F. The predicted molar refractivity (Wildman–Crippen MR) is 75.3 cm³/mol. The molecule has 2 amide bonds. The number of benzene rings is 1. The highest BCUT2D eigenvalue weighted by Crippen LogP contribution is 2.12. The van der Waals surface area contributed by atoms with Gasteiger partial charge in [0.2, 0.25) is 11.8 Å². The van der Waals surface area contributed by atoms with Gasteiger partial charge in [0.15, 0.2) is 0 Å². The summed E-state index contributed by atoms with van der Waals surface area (Å²) in [4.78, 5) is 23.6. The van der Waals surface area contributed by atoms with Gasteiger partial charge in [0, 0.05) is 17.5 Å². The van der Waals surface area contributed by atoms with E-state index in [4.69, 9.17) is 0 Å². The van der Waals surface area contributed by atoms with Crippen molar-refractivity contribution in [3.63, 3.8) is 0 Å². The molecular formula is C15H21FN2O2. The number of nitrogens with one attached hydrogen (secondary N) is 2. The molecule has 5 heteroatoms. The van der Waals surface area contributed by atoms with Crippen LogP contribution in [-0.4, -0.2) is 17.9 Å². The number of amides is 2. The van der Waals surface area contributed by atoms with Crippen LogP contribution in [0, 0.1) is 11.2 Å². The first-order valence-corrected chi connectivity index (χ1v) is 6.54. The molecule has 1 atom stereocenters. The standard InChI is InChI=1S/C15H21FN2O2/c1-10(18-14(20)15(2,3)4)13(19)17-9-11-7-5-6-8-12(11)16/h5-8,10H,9H2,1-4H3,(H,17,19)(H,18,20)/t10-/m0/s1. The lowest BCUT2D eigenvalue weighted by atomic mass is 9.95. The van der Waals surface area contributed by atoms with Crippen LogP contribution in [0.4, 0.5) is 4.39 Å². The summed E-state index contributed by atoms with van der Waals surface area (Å²) in [6.07, 6.45) is 0. The molecule has 0 heterocycles. The molecule has 1 aromatic rings. The van der Waals surface area contributed by atoms with Gasteiger partial charge in [0.05, 0.1) is 0 Å². The summed E-state index contributed by atoms with van der Waals surface area (Å²) < 4.78 is 13.4. The molecule has 20 heavy (non-hydrogen) atoms. The largest absolute Gasteiger partial charge is 0.350 e. The van der Waals surface area contributed by atoms with E-state index in [1.165, 1.54) is 6.07 Å². The van der Waals surface area contributed by atoms with Gasteiger partial charge < -0.3 is 10.6 Å². The molecule has 0 aliphatic heterocycles. The molecule has 1 rings (SSSR count). The van der Waals surface area contributed by atoms with Crippen molar-refractivity contribution in [2.75, 3.05) is 0 Å². The Labute approximate surface area is 118 Å². The van der Waals surface area contributed by atoms with Gasteiger partial charge in [-0.15, -0.1) is 0 Å². The summed E-state index contributed by atoms with van der Waals surface area (Å²) in [6.45, 7) is 7.01. The lowest BCUT2D eigenvalue weighted by molar-refractivity contribution is -0.133. The number of rotatable bonds is 4. The van der Waals surface area contributed by atoms with Gasteiger partial charge >= 0.3 is 0 Å². The van der Waals surface area contributed by atoms with E-state index in [1.54, 1.807) is 45.9 Å². The van der Waals surface area contributed by atoms with Crippen molar-refractivity contribution >= 4 is 11.8 Å². The fourth-order valence-corrected chi connectivity index (χ4v) is 1.46. The highest BCUT2D eigenvalue weighted by atomic mass is 19.1. The van der Waals surface area contributed by atoms with Crippen LogP contribution in [0.1, 0.15) is 33.3 Å². The van der Waals surface area contributed by atoms with Crippen LogP contribution >= 0.6 is 0 Å². The molecule has 2 N–H and O–H groups in total. The molecule has 0 fully saturated rings. The van der Waals surface area contributed by atoms with E-state index in [1.807, 2.05) is 0 Å². The average Bonchev–Trinajstić information content (AvgIpc) is 2.36. The molecule has 0 unspecified atom stereocenters. The third kappa shape index (κ3) is 4.64. The molecule has 4 nitrogen and oxygen atoms in total. The van der Waals surface area contributed by atoms with Crippen LogP contribution in [0.2, 0.25) is 0 Å². The first kappa shape index (κ1) is 16.1. The number of halogens is 1. The monoisotopic (exact) mass is 280 g/mol. The quantitative estimate of drug-likeness (QED) is 0.886. The summed E-state index contributed by atoms with van der Waals surface area (Å²) >= 11 is 0. The average molecular weight is 280 g/mol. The highest BCUT2D eigenvalue weighted by Gasteiger charge is 2.24. The molecular weight excluding hydrogens is 259 g/mol. The van der Waals surface area contributed by atoms with Crippen molar-refractivity contribution in [2.24, 2.45) is 5.41 Å². The third-order valence-electron chi connectivity index (χ3n) is 2.83. The van der Waals surface area contributed by atoms with E-state index >= 15 is 0 Å². The number of hydrogen-bond donors (Lipinski definition) is 2. The van der Waals surface area contributed by atoms with Crippen molar-refractivity contribution in [2.45, 2.75) is 40.3 Å². The van der Waals surface area contributed by atoms with E-state index in [0.29, 0.717) is 5.56 Å². The summed E-state index contributed by atoms with van der Waals surface area (Å²) in [5.41, 5.74) is -0.143. The minimum Gasteiger partial charge on any atom is -0.350 e. The van der Waals surface area contributed by atoms with Crippen molar-refractivity contribution in [3.8, 4) is 0 Å². The lowest BCUT2D eigenvalue weighted by Crippen LogP contribution is -2.48. The molecule has 110 valence electrons. The molecule has 0 aliphatic rings. The van der Waals surface area contributed by atoms with Crippen molar-refractivity contribution in [1.82, 2.24) is 10.6 Å². The van der Waals surface area contributed by atoms with Crippen molar-refractivity contribution < 1.29 is 14.0 Å². The van der Waals surface area contributed by atoms with E-state index in [9.17, 15) is 14.0 Å². The Morgan fingerprint density at radius 1 is 1.25 bits per heavy atom. The van der Waals surface area contributed by atoms with Crippen LogP contribution in [-0.2, 0) is 16.1 Å². The maximum atomic E-state index is 13.4.